The van der Waals surface area contributed by atoms with Gasteiger partial charge in [-0.15, -0.1) is 0 Å². The highest BCUT2D eigenvalue weighted by Gasteiger charge is 2.24. The molecule has 0 aliphatic heterocycles. The predicted molar refractivity (Wildman–Crippen MR) is 60.4 cm³/mol. The lowest BCUT2D eigenvalue weighted by Crippen LogP contribution is -2.27. The summed E-state index contributed by atoms with van der Waals surface area (Å²) in [5, 5.41) is 0. The van der Waals surface area contributed by atoms with Crippen LogP contribution in [0.2, 0.25) is 0 Å². The van der Waals surface area contributed by atoms with Gasteiger partial charge in [0, 0.05) is 6.61 Å². The van der Waals surface area contributed by atoms with E-state index in [1.165, 1.54) is 19.3 Å². The lowest BCUT2D eigenvalue weighted by molar-refractivity contribution is 0.00338. The summed E-state index contributed by atoms with van der Waals surface area (Å²) in [6, 6.07) is 0. The molecular weight excluding hydrogens is 180 g/mol. The van der Waals surface area contributed by atoms with E-state index in [2.05, 4.69) is 26.5 Å². The minimum Gasteiger partial charge on any atom is -0.378 e. The second kappa shape index (κ2) is 5.92. The average molecular weight is 202 g/mol. The van der Waals surface area contributed by atoms with E-state index in [9.17, 15) is 0 Å². The Balaban J connectivity index is 2.14. The van der Waals surface area contributed by atoms with Crippen LogP contribution in [0, 0.1) is 11.8 Å². The van der Waals surface area contributed by atoms with Gasteiger partial charge in [0.25, 0.3) is 0 Å². The van der Waals surface area contributed by atoms with Crippen LogP contribution in [0.1, 0.15) is 39.5 Å². The lowest BCUT2D eigenvalue weighted by atomic mass is 9.80. The second-order valence-corrected chi connectivity index (χ2v) is 4.78. The van der Waals surface area contributed by atoms with Crippen molar-refractivity contribution in [3.8, 4) is 0 Å². The Kier molecular flexibility index (Phi) is 5.18. The van der Waals surface area contributed by atoms with Gasteiger partial charge >= 0.3 is 0 Å². The van der Waals surface area contributed by atoms with Crippen LogP contribution in [0.5, 0.6) is 0 Å². The van der Waals surface area contributed by atoms with Crippen molar-refractivity contribution in [3.05, 3.63) is 0 Å². The van der Waals surface area contributed by atoms with Crippen molar-refractivity contribution in [2.45, 2.75) is 45.6 Å². The number of ether oxygens (including phenoxy) is 1. The van der Waals surface area contributed by atoms with E-state index in [1.807, 2.05) is 0 Å². The lowest BCUT2D eigenvalue weighted by Gasteiger charge is -2.31. The maximum absolute atomic E-state index is 5.79. The van der Waals surface area contributed by atoms with Crippen LogP contribution < -0.4 is 0 Å². The third-order valence-electron chi connectivity index (χ3n) is 3.21. The fraction of sp³-hybridized carbons (Fsp3) is 1.00. The Morgan fingerprint density at radius 1 is 1.23 bits per heavy atom. The molecule has 1 nitrogen and oxygen atoms in total. The van der Waals surface area contributed by atoms with Crippen molar-refractivity contribution in [2.75, 3.05) is 12.4 Å². The number of thiol groups is 1. The molecule has 13 heavy (non-hydrogen) atoms. The summed E-state index contributed by atoms with van der Waals surface area (Å²) in [4.78, 5) is 0. The molecule has 0 heterocycles. The van der Waals surface area contributed by atoms with Crippen LogP contribution in [0.4, 0.5) is 0 Å². The van der Waals surface area contributed by atoms with E-state index in [1.54, 1.807) is 0 Å². The fourth-order valence-corrected chi connectivity index (χ4v) is 2.09. The average Bonchev–Trinajstić information content (AvgIpc) is 2.12. The van der Waals surface area contributed by atoms with E-state index in [-0.39, 0.29) is 0 Å². The second-order valence-electron chi connectivity index (χ2n) is 4.34. The maximum atomic E-state index is 5.79. The van der Waals surface area contributed by atoms with Crippen molar-refractivity contribution in [3.63, 3.8) is 0 Å². The fourth-order valence-electron chi connectivity index (χ4n) is 1.96. The third-order valence-corrected chi connectivity index (χ3v) is 3.52. The van der Waals surface area contributed by atoms with Crippen LogP contribution in [-0.2, 0) is 4.74 Å². The molecule has 0 aromatic carbocycles. The molecule has 2 heteroatoms. The molecule has 0 N–H and O–H groups in total. The van der Waals surface area contributed by atoms with Gasteiger partial charge in [0.15, 0.2) is 0 Å². The summed E-state index contributed by atoms with van der Waals surface area (Å²) in [7, 11) is 0. The Hall–Kier alpha value is 0.310. The molecule has 0 bridgehead atoms. The molecule has 3 atom stereocenters. The number of hydrogen-bond donors (Lipinski definition) is 1. The van der Waals surface area contributed by atoms with E-state index in [4.69, 9.17) is 4.74 Å². The first-order chi connectivity index (χ1) is 6.24. The van der Waals surface area contributed by atoms with Crippen LogP contribution in [-0.4, -0.2) is 18.5 Å². The van der Waals surface area contributed by atoms with Crippen molar-refractivity contribution in [2.24, 2.45) is 11.8 Å². The molecule has 1 fully saturated rings. The molecular formula is C11H22OS. The van der Waals surface area contributed by atoms with Gasteiger partial charge in [-0.2, -0.15) is 12.6 Å². The van der Waals surface area contributed by atoms with Gasteiger partial charge < -0.3 is 4.74 Å². The smallest absolute Gasteiger partial charge is 0.0577 e. The summed E-state index contributed by atoms with van der Waals surface area (Å²) in [5.74, 6) is 2.68. The van der Waals surface area contributed by atoms with E-state index in [0.717, 1.165) is 30.6 Å². The van der Waals surface area contributed by atoms with Crippen LogP contribution in [0.25, 0.3) is 0 Å². The quantitative estimate of drug-likeness (QED) is 0.544. The Morgan fingerprint density at radius 3 is 2.62 bits per heavy atom. The third kappa shape index (κ3) is 3.90. The molecule has 0 aromatic heterocycles. The molecule has 0 saturated heterocycles. The van der Waals surface area contributed by atoms with Gasteiger partial charge in [-0.3, -0.25) is 0 Å². The Labute approximate surface area is 87.7 Å². The first kappa shape index (κ1) is 11.4. The first-order valence-electron chi connectivity index (χ1n) is 5.46. The van der Waals surface area contributed by atoms with Gasteiger partial charge in [-0.25, -0.2) is 0 Å². The SMILES string of the molecule is CC1CCC(OCCCS)CC1C. The number of hydrogen-bond acceptors (Lipinski definition) is 2. The van der Waals surface area contributed by atoms with E-state index < -0.39 is 0 Å². The maximum Gasteiger partial charge on any atom is 0.0577 e. The zero-order valence-corrected chi connectivity index (χ0v) is 9.72. The minimum atomic E-state index is 0.533. The van der Waals surface area contributed by atoms with Gasteiger partial charge in [0.05, 0.1) is 6.10 Å². The standard InChI is InChI=1S/C11H22OS/c1-9-4-5-11(8-10(9)2)12-6-3-7-13/h9-11,13H,3-8H2,1-2H3. The molecule has 1 aliphatic carbocycles. The van der Waals surface area contributed by atoms with Gasteiger partial charge in [-0.1, -0.05) is 13.8 Å². The molecule has 1 saturated carbocycles. The topological polar surface area (TPSA) is 9.23 Å². The first-order valence-corrected chi connectivity index (χ1v) is 6.09. The van der Waals surface area contributed by atoms with Crippen molar-refractivity contribution in [1.29, 1.82) is 0 Å². The number of rotatable bonds is 4. The Morgan fingerprint density at radius 2 is 2.00 bits per heavy atom. The summed E-state index contributed by atoms with van der Waals surface area (Å²) in [5.41, 5.74) is 0. The molecule has 0 radical (unpaired) electrons. The van der Waals surface area contributed by atoms with Gasteiger partial charge in [0.1, 0.15) is 0 Å². The van der Waals surface area contributed by atoms with Crippen molar-refractivity contribution in [1.82, 2.24) is 0 Å². The van der Waals surface area contributed by atoms with Crippen molar-refractivity contribution >= 4 is 12.6 Å². The van der Waals surface area contributed by atoms with Gasteiger partial charge in [0.2, 0.25) is 0 Å². The zero-order chi connectivity index (χ0) is 9.68. The normalized spacial score (nSPS) is 34.8. The predicted octanol–water partition coefficient (Wildman–Crippen LogP) is 3.15. The Bertz CT molecular complexity index is 138. The largest absolute Gasteiger partial charge is 0.378 e. The molecule has 1 aliphatic rings. The summed E-state index contributed by atoms with van der Waals surface area (Å²) >= 11 is 4.17. The van der Waals surface area contributed by atoms with E-state index >= 15 is 0 Å². The monoisotopic (exact) mass is 202 g/mol. The zero-order valence-electron chi connectivity index (χ0n) is 8.83. The van der Waals surface area contributed by atoms with Gasteiger partial charge in [-0.05, 0) is 43.3 Å². The molecule has 0 aromatic rings. The van der Waals surface area contributed by atoms with E-state index in [0.29, 0.717) is 6.10 Å². The van der Waals surface area contributed by atoms with Crippen LogP contribution in [0.3, 0.4) is 0 Å². The highest BCUT2D eigenvalue weighted by molar-refractivity contribution is 7.80. The summed E-state index contributed by atoms with van der Waals surface area (Å²) in [6.45, 7) is 5.60. The van der Waals surface area contributed by atoms with Crippen LogP contribution in [0.15, 0.2) is 0 Å². The summed E-state index contributed by atoms with van der Waals surface area (Å²) in [6.07, 6.45) is 5.48. The molecule has 0 amide bonds. The molecule has 78 valence electrons. The minimum absolute atomic E-state index is 0.533. The highest BCUT2D eigenvalue weighted by Crippen LogP contribution is 2.30. The highest BCUT2D eigenvalue weighted by atomic mass is 32.1. The molecule has 0 spiro atoms. The van der Waals surface area contributed by atoms with Crippen LogP contribution >= 0.6 is 12.6 Å². The molecule has 3 unspecified atom stereocenters. The van der Waals surface area contributed by atoms with Crippen molar-refractivity contribution < 1.29 is 4.74 Å². The summed E-state index contributed by atoms with van der Waals surface area (Å²) < 4.78 is 5.79. The molecule has 1 rings (SSSR count).